The van der Waals surface area contributed by atoms with Gasteiger partial charge < -0.3 is 10.5 Å². The van der Waals surface area contributed by atoms with Crippen molar-refractivity contribution >= 4 is 0 Å². The lowest BCUT2D eigenvalue weighted by molar-refractivity contribution is -0.0238. The smallest absolute Gasteiger partial charge is 0.0800 e. The largest absolute Gasteiger partial charge is 0.377 e. The topological polar surface area (TPSA) is 35.2 Å². The Kier molecular flexibility index (Phi) is 5.51. The first-order valence-corrected chi connectivity index (χ1v) is 4.89. The monoisotopic (exact) mass is 173 g/mol. The van der Waals surface area contributed by atoms with Gasteiger partial charge in [-0.25, -0.2) is 0 Å². The van der Waals surface area contributed by atoms with E-state index in [1.807, 2.05) is 0 Å². The first kappa shape index (κ1) is 11.9. The third-order valence-electron chi connectivity index (χ3n) is 2.87. The van der Waals surface area contributed by atoms with Crippen LogP contribution in [0, 0.1) is 5.92 Å². The summed E-state index contributed by atoms with van der Waals surface area (Å²) in [5.74, 6) is 0.702. The molecule has 0 amide bonds. The zero-order valence-electron chi connectivity index (χ0n) is 8.89. The van der Waals surface area contributed by atoms with Crippen molar-refractivity contribution in [1.29, 1.82) is 0 Å². The van der Waals surface area contributed by atoms with Crippen molar-refractivity contribution < 1.29 is 4.74 Å². The molecule has 12 heavy (non-hydrogen) atoms. The fraction of sp³-hybridized carbons (Fsp3) is 1.00. The molecule has 2 atom stereocenters. The Hall–Kier alpha value is -0.0800. The Bertz CT molecular complexity index is 102. The number of methoxy groups -OCH3 is 1. The molecule has 0 radical (unpaired) electrons. The van der Waals surface area contributed by atoms with E-state index in [0.717, 1.165) is 12.8 Å². The molecule has 0 saturated heterocycles. The van der Waals surface area contributed by atoms with Gasteiger partial charge in [-0.05, 0) is 18.8 Å². The maximum Gasteiger partial charge on any atom is 0.0800 e. The molecule has 0 aromatic carbocycles. The van der Waals surface area contributed by atoms with Gasteiger partial charge in [0.25, 0.3) is 0 Å². The summed E-state index contributed by atoms with van der Waals surface area (Å²) in [5, 5.41) is 0. The van der Waals surface area contributed by atoms with Crippen LogP contribution in [-0.4, -0.2) is 19.3 Å². The van der Waals surface area contributed by atoms with E-state index in [9.17, 15) is 0 Å². The minimum Gasteiger partial charge on any atom is -0.377 e. The number of hydrogen-bond acceptors (Lipinski definition) is 2. The maximum absolute atomic E-state index is 5.71. The minimum atomic E-state index is -0.0740. The molecular formula is C10H23NO. The van der Waals surface area contributed by atoms with Gasteiger partial charge in [0.05, 0.1) is 5.60 Å². The van der Waals surface area contributed by atoms with Crippen LogP contribution in [0.15, 0.2) is 0 Å². The van der Waals surface area contributed by atoms with Crippen molar-refractivity contribution in [2.24, 2.45) is 11.7 Å². The standard InChI is InChI=1S/C10H23NO/c1-5-9(3)7-10(6-2,8-11)12-4/h9H,5-8,11H2,1-4H3/t9-,10-/m1/s1. The first-order valence-electron chi connectivity index (χ1n) is 4.89. The second-order valence-electron chi connectivity index (χ2n) is 3.66. The van der Waals surface area contributed by atoms with Crippen LogP contribution in [-0.2, 0) is 4.74 Å². The second-order valence-corrected chi connectivity index (χ2v) is 3.66. The average Bonchev–Trinajstić information content (AvgIpc) is 2.14. The van der Waals surface area contributed by atoms with Gasteiger partial charge >= 0.3 is 0 Å². The number of hydrogen-bond donors (Lipinski definition) is 1. The highest BCUT2D eigenvalue weighted by molar-refractivity contribution is 4.81. The maximum atomic E-state index is 5.71. The van der Waals surface area contributed by atoms with Gasteiger partial charge in [0.15, 0.2) is 0 Å². The van der Waals surface area contributed by atoms with E-state index in [2.05, 4.69) is 20.8 Å². The molecule has 2 nitrogen and oxygen atoms in total. The van der Waals surface area contributed by atoms with Gasteiger partial charge in [-0.15, -0.1) is 0 Å². The molecule has 0 aliphatic heterocycles. The van der Waals surface area contributed by atoms with Crippen molar-refractivity contribution in [2.45, 2.75) is 45.6 Å². The van der Waals surface area contributed by atoms with Crippen LogP contribution in [0.3, 0.4) is 0 Å². The van der Waals surface area contributed by atoms with Crippen LogP contribution < -0.4 is 5.73 Å². The zero-order chi connectivity index (χ0) is 9.61. The number of nitrogens with two attached hydrogens (primary N) is 1. The molecule has 0 aliphatic carbocycles. The van der Waals surface area contributed by atoms with Crippen LogP contribution >= 0.6 is 0 Å². The van der Waals surface area contributed by atoms with Crippen LogP contribution in [0.4, 0.5) is 0 Å². The summed E-state index contributed by atoms with van der Waals surface area (Å²) in [7, 11) is 1.76. The first-order chi connectivity index (χ1) is 5.64. The Morgan fingerprint density at radius 3 is 2.25 bits per heavy atom. The van der Waals surface area contributed by atoms with E-state index in [1.54, 1.807) is 7.11 Å². The zero-order valence-corrected chi connectivity index (χ0v) is 8.89. The van der Waals surface area contributed by atoms with Crippen LogP contribution in [0.1, 0.15) is 40.0 Å². The van der Waals surface area contributed by atoms with Gasteiger partial charge in [-0.3, -0.25) is 0 Å². The van der Waals surface area contributed by atoms with Crippen LogP contribution in [0.25, 0.3) is 0 Å². The van der Waals surface area contributed by atoms with Crippen molar-refractivity contribution in [3.63, 3.8) is 0 Å². The molecule has 0 fully saturated rings. The lowest BCUT2D eigenvalue weighted by Crippen LogP contribution is -2.40. The highest BCUT2D eigenvalue weighted by atomic mass is 16.5. The quantitative estimate of drug-likeness (QED) is 0.668. The van der Waals surface area contributed by atoms with Crippen molar-refractivity contribution in [3.05, 3.63) is 0 Å². The third-order valence-corrected chi connectivity index (χ3v) is 2.87. The summed E-state index contributed by atoms with van der Waals surface area (Å²) in [6.45, 7) is 7.22. The Morgan fingerprint density at radius 1 is 1.42 bits per heavy atom. The molecule has 0 saturated carbocycles. The lowest BCUT2D eigenvalue weighted by Gasteiger charge is -2.32. The summed E-state index contributed by atoms with van der Waals surface area (Å²) in [4.78, 5) is 0. The molecule has 0 aromatic rings. The highest BCUT2D eigenvalue weighted by Crippen LogP contribution is 2.24. The van der Waals surface area contributed by atoms with Gasteiger partial charge in [-0.2, -0.15) is 0 Å². The van der Waals surface area contributed by atoms with E-state index in [1.165, 1.54) is 6.42 Å². The molecule has 0 rings (SSSR count). The summed E-state index contributed by atoms with van der Waals surface area (Å²) in [6.07, 6.45) is 3.28. The third kappa shape index (κ3) is 3.11. The fourth-order valence-corrected chi connectivity index (χ4v) is 1.46. The molecule has 2 heteroatoms. The van der Waals surface area contributed by atoms with E-state index in [4.69, 9.17) is 10.5 Å². The van der Waals surface area contributed by atoms with Crippen LogP contribution in [0.5, 0.6) is 0 Å². The molecular weight excluding hydrogens is 150 g/mol. The molecule has 74 valence electrons. The van der Waals surface area contributed by atoms with Crippen LogP contribution in [0.2, 0.25) is 0 Å². The van der Waals surface area contributed by atoms with Crippen molar-refractivity contribution in [1.82, 2.24) is 0 Å². The highest BCUT2D eigenvalue weighted by Gasteiger charge is 2.27. The SMILES string of the molecule is CC[C@@H](C)C[C@](CC)(CN)OC. The number of ether oxygens (including phenoxy) is 1. The summed E-state index contributed by atoms with van der Waals surface area (Å²) in [5.41, 5.74) is 5.63. The Labute approximate surface area is 76.5 Å². The molecule has 0 heterocycles. The number of rotatable bonds is 6. The van der Waals surface area contributed by atoms with E-state index in [0.29, 0.717) is 12.5 Å². The van der Waals surface area contributed by atoms with Gasteiger partial charge in [0.1, 0.15) is 0 Å². The van der Waals surface area contributed by atoms with E-state index in [-0.39, 0.29) is 5.60 Å². The summed E-state index contributed by atoms with van der Waals surface area (Å²) < 4.78 is 5.48. The Balaban J connectivity index is 4.09. The fourth-order valence-electron chi connectivity index (χ4n) is 1.46. The molecule has 0 aromatic heterocycles. The lowest BCUT2D eigenvalue weighted by atomic mass is 9.88. The molecule has 2 N–H and O–H groups in total. The van der Waals surface area contributed by atoms with Gasteiger partial charge in [-0.1, -0.05) is 27.2 Å². The normalized spacial score (nSPS) is 18.8. The summed E-state index contributed by atoms with van der Waals surface area (Å²) in [6, 6.07) is 0. The Morgan fingerprint density at radius 2 is 2.00 bits per heavy atom. The molecule has 0 spiro atoms. The van der Waals surface area contributed by atoms with E-state index >= 15 is 0 Å². The predicted octanol–water partition coefficient (Wildman–Crippen LogP) is 2.18. The van der Waals surface area contributed by atoms with E-state index < -0.39 is 0 Å². The summed E-state index contributed by atoms with van der Waals surface area (Å²) >= 11 is 0. The molecule has 0 unspecified atom stereocenters. The van der Waals surface area contributed by atoms with Gasteiger partial charge in [0, 0.05) is 13.7 Å². The van der Waals surface area contributed by atoms with Crippen molar-refractivity contribution in [3.8, 4) is 0 Å². The van der Waals surface area contributed by atoms with Gasteiger partial charge in [0.2, 0.25) is 0 Å². The molecule has 0 aliphatic rings. The average molecular weight is 173 g/mol. The minimum absolute atomic E-state index is 0.0740. The molecule has 0 bridgehead atoms. The predicted molar refractivity (Wildman–Crippen MR) is 53.2 cm³/mol. The second kappa shape index (κ2) is 5.55. The van der Waals surface area contributed by atoms with Crippen molar-refractivity contribution in [2.75, 3.05) is 13.7 Å².